The minimum Gasteiger partial charge on any atom is -0.389 e. The average Bonchev–Trinajstić information content (AvgIpc) is 3.16. The topological polar surface area (TPSA) is 109 Å². The lowest BCUT2D eigenvalue weighted by Gasteiger charge is -2.35. The number of thiophene rings is 1. The first-order valence-corrected chi connectivity index (χ1v) is 11.9. The maximum atomic E-state index is 15.6. The number of anilines is 2. The molecule has 2 aromatic carbocycles. The Hall–Kier alpha value is -3.74. The zero-order valence-corrected chi connectivity index (χ0v) is 20.0. The van der Waals surface area contributed by atoms with Crippen LogP contribution in [0.1, 0.15) is 40.0 Å². The number of amides is 1. The molecule has 10 heteroatoms. The van der Waals surface area contributed by atoms with Crippen LogP contribution in [0.3, 0.4) is 0 Å². The summed E-state index contributed by atoms with van der Waals surface area (Å²) in [5, 5.41) is 9.95. The van der Waals surface area contributed by atoms with Gasteiger partial charge in [-0.15, -0.1) is 11.3 Å². The Morgan fingerprint density at radius 2 is 2.00 bits per heavy atom. The van der Waals surface area contributed by atoms with Crippen LogP contribution in [0.15, 0.2) is 36.5 Å². The summed E-state index contributed by atoms with van der Waals surface area (Å²) >= 11 is 7.77. The summed E-state index contributed by atoms with van der Waals surface area (Å²) in [6.45, 7) is 2.12. The fourth-order valence-corrected chi connectivity index (χ4v) is 5.98. The highest BCUT2D eigenvalue weighted by atomic mass is 35.5. The maximum absolute atomic E-state index is 15.6. The van der Waals surface area contributed by atoms with Crippen molar-refractivity contribution in [1.29, 1.82) is 5.26 Å². The molecule has 1 aliphatic rings. The van der Waals surface area contributed by atoms with E-state index in [0.717, 1.165) is 17.4 Å². The van der Waals surface area contributed by atoms with Gasteiger partial charge in [0.05, 0.1) is 16.6 Å². The fourth-order valence-electron chi connectivity index (χ4n) is 4.67. The summed E-state index contributed by atoms with van der Waals surface area (Å²) in [5.74, 6) is -1.70. The average molecular weight is 510 g/mol. The Kier molecular flexibility index (Phi) is 5.58. The number of pyridine rings is 1. The summed E-state index contributed by atoms with van der Waals surface area (Å²) in [6.07, 6.45) is 1.89. The van der Waals surface area contributed by atoms with E-state index in [-0.39, 0.29) is 37.7 Å². The lowest BCUT2D eigenvalue weighted by molar-refractivity contribution is 0.0672. The first-order chi connectivity index (χ1) is 16.7. The number of nitrogens with zero attached hydrogens (tertiary/aromatic N) is 3. The molecule has 176 valence electrons. The molecule has 0 spiro atoms. The Bertz CT molecular complexity index is 1580. The van der Waals surface area contributed by atoms with Gasteiger partial charge < -0.3 is 16.4 Å². The summed E-state index contributed by atoms with van der Waals surface area (Å²) < 4.78 is 31.3. The second kappa shape index (κ2) is 8.48. The number of hydrogen-bond donors (Lipinski definition) is 2. The number of fused-ring (bicyclic) bond motifs is 2. The van der Waals surface area contributed by atoms with E-state index in [2.05, 4.69) is 4.98 Å². The molecule has 6 nitrogen and oxygen atoms in total. The van der Waals surface area contributed by atoms with E-state index in [0.29, 0.717) is 34.6 Å². The lowest BCUT2D eigenvalue weighted by Crippen LogP contribution is -2.40. The Labute approximate surface area is 208 Å². The van der Waals surface area contributed by atoms with Crippen LogP contribution in [0.4, 0.5) is 19.6 Å². The van der Waals surface area contributed by atoms with Gasteiger partial charge in [0.15, 0.2) is 0 Å². The Balaban J connectivity index is 1.66. The van der Waals surface area contributed by atoms with Gasteiger partial charge in [0.2, 0.25) is 0 Å². The fraction of sp³-hybridized carbons (Fsp3) is 0.160. The van der Waals surface area contributed by atoms with Gasteiger partial charge in [-0.1, -0.05) is 17.7 Å². The van der Waals surface area contributed by atoms with Gasteiger partial charge in [-0.05, 0) is 43.2 Å². The van der Waals surface area contributed by atoms with E-state index < -0.39 is 23.6 Å². The molecule has 2 aromatic heterocycles. The molecule has 1 amide bonds. The number of carbonyl (C=O) groups excluding carboxylic acids is 1. The van der Waals surface area contributed by atoms with Crippen molar-refractivity contribution in [2.24, 2.45) is 0 Å². The third-order valence-electron chi connectivity index (χ3n) is 6.40. The molecule has 0 saturated heterocycles. The van der Waals surface area contributed by atoms with Crippen molar-refractivity contribution in [3.8, 4) is 17.2 Å². The summed E-state index contributed by atoms with van der Waals surface area (Å²) in [5.41, 5.74) is 12.9. The van der Waals surface area contributed by atoms with Gasteiger partial charge in [-0.25, -0.2) is 13.8 Å². The Morgan fingerprint density at radius 1 is 1.23 bits per heavy atom. The van der Waals surface area contributed by atoms with Crippen molar-refractivity contribution in [3.63, 3.8) is 0 Å². The molecule has 4 aromatic rings. The van der Waals surface area contributed by atoms with Crippen LogP contribution < -0.4 is 11.5 Å². The predicted octanol–water partition coefficient (Wildman–Crippen LogP) is 5.69. The van der Waals surface area contributed by atoms with Crippen molar-refractivity contribution in [2.75, 3.05) is 18.0 Å². The van der Waals surface area contributed by atoms with Crippen LogP contribution in [0.5, 0.6) is 0 Å². The molecular weight excluding hydrogens is 492 g/mol. The molecule has 1 aliphatic heterocycles. The van der Waals surface area contributed by atoms with E-state index in [1.165, 1.54) is 12.1 Å². The number of nitrogens with two attached hydrogens (primary N) is 2. The van der Waals surface area contributed by atoms with E-state index in [9.17, 15) is 10.1 Å². The van der Waals surface area contributed by atoms with Crippen LogP contribution >= 0.6 is 22.9 Å². The molecule has 0 saturated carbocycles. The third-order valence-corrected chi connectivity index (χ3v) is 7.80. The highest BCUT2D eigenvalue weighted by Gasteiger charge is 2.34. The van der Waals surface area contributed by atoms with Crippen molar-refractivity contribution < 1.29 is 13.6 Å². The van der Waals surface area contributed by atoms with Gasteiger partial charge in [0, 0.05) is 45.1 Å². The molecule has 0 bridgehead atoms. The monoisotopic (exact) mass is 509 g/mol. The Morgan fingerprint density at radius 3 is 2.71 bits per heavy atom. The molecular formula is C25H18ClF2N5OS. The smallest absolute Gasteiger partial charge is 0.254 e. The van der Waals surface area contributed by atoms with Crippen molar-refractivity contribution >= 4 is 49.7 Å². The molecule has 3 heterocycles. The van der Waals surface area contributed by atoms with Crippen LogP contribution in [0.25, 0.3) is 21.2 Å². The number of nitrogen functional groups attached to an aromatic ring is 2. The molecule has 0 radical (unpaired) electrons. The summed E-state index contributed by atoms with van der Waals surface area (Å²) in [4.78, 5) is 19.0. The van der Waals surface area contributed by atoms with Crippen molar-refractivity contribution in [2.45, 2.75) is 19.4 Å². The zero-order valence-electron chi connectivity index (χ0n) is 18.4. The number of halogens is 3. The van der Waals surface area contributed by atoms with Crippen LogP contribution in [0, 0.1) is 23.0 Å². The normalized spacial score (nSPS) is 14.1. The molecule has 5 rings (SSSR count). The number of hydrogen-bond acceptors (Lipinski definition) is 6. The van der Waals surface area contributed by atoms with Gasteiger partial charge in [-0.2, -0.15) is 5.26 Å². The second-order valence-electron chi connectivity index (χ2n) is 8.22. The second-order valence-corrected chi connectivity index (χ2v) is 9.69. The van der Waals surface area contributed by atoms with E-state index in [1.807, 2.05) is 13.0 Å². The maximum Gasteiger partial charge on any atom is 0.254 e. The lowest BCUT2D eigenvalue weighted by atomic mass is 9.90. The van der Waals surface area contributed by atoms with Crippen LogP contribution in [-0.4, -0.2) is 22.3 Å². The highest BCUT2D eigenvalue weighted by molar-refractivity contribution is 7.23. The minimum absolute atomic E-state index is 0.0541. The molecule has 1 atom stereocenters. The predicted molar refractivity (Wildman–Crippen MR) is 133 cm³/mol. The van der Waals surface area contributed by atoms with Crippen LogP contribution in [0.2, 0.25) is 5.02 Å². The summed E-state index contributed by atoms with van der Waals surface area (Å²) in [7, 11) is 0. The number of nitriles is 1. The number of benzene rings is 2. The first kappa shape index (κ1) is 23.0. The van der Waals surface area contributed by atoms with Crippen LogP contribution in [-0.2, 0) is 6.42 Å². The number of rotatable bonds is 3. The van der Waals surface area contributed by atoms with E-state index in [4.69, 9.17) is 23.1 Å². The number of carbonyl (C=O) groups is 1. The number of aromatic nitrogens is 1. The SMILES string of the molecule is CC(c1cccnc1N)N1CCc2c(cc(F)c(-c3c(F)ccc4sc(N)c(C#N)c34)c2Cl)C1=O. The first-order valence-electron chi connectivity index (χ1n) is 10.7. The van der Waals surface area contributed by atoms with E-state index in [1.54, 1.807) is 23.2 Å². The van der Waals surface area contributed by atoms with Gasteiger partial charge in [0.25, 0.3) is 5.91 Å². The molecule has 4 N–H and O–H groups in total. The largest absolute Gasteiger partial charge is 0.389 e. The van der Waals surface area contributed by atoms with Gasteiger partial charge in [-0.3, -0.25) is 4.79 Å². The zero-order chi connectivity index (χ0) is 25.0. The standard InChI is InChI=1S/C25H18ClF2N5OS/c1-11(12-3-2-7-32-23(12)30)33-8-6-13-14(25(33)34)9-17(28)21(22(13)26)20-16(27)4-5-18-19(20)15(10-29)24(31)35-18/h2-5,7,9,11H,6,8,31H2,1H3,(H2,30,32). The molecule has 0 aliphatic carbocycles. The third kappa shape index (κ3) is 3.49. The van der Waals surface area contributed by atoms with Crippen molar-refractivity contribution in [3.05, 3.63) is 75.4 Å². The quantitative estimate of drug-likeness (QED) is 0.368. The molecule has 35 heavy (non-hydrogen) atoms. The summed E-state index contributed by atoms with van der Waals surface area (Å²) in [6, 6.07) is 8.87. The van der Waals surface area contributed by atoms with Gasteiger partial charge >= 0.3 is 0 Å². The van der Waals surface area contributed by atoms with E-state index >= 15 is 8.78 Å². The minimum atomic E-state index is -0.863. The molecule has 1 unspecified atom stereocenters. The molecule has 0 fully saturated rings. The van der Waals surface area contributed by atoms with Gasteiger partial charge in [0.1, 0.15) is 28.5 Å². The van der Waals surface area contributed by atoms with Crippen molar-refractivity contribution in [1.82, 2.24) is 9.88 Å². The highest BCUT2D eigenvalue weighted by Crippen LogP contribution is 2.46.